The van der Waals surface area contributed by atoms with Crippen molar-refractivity contribution in [2.75, 3.05) is 19.0 Å². The number of rotatable bonds is 4. The Morgan fingerprint density at radius 2 is 1.79 bits per heavy atom. The molecule has 100 valence electrons. The normalized spacial score (nSPS) is 12.2. The van der Waals surface area contributed by atoms with Crippen molar-refractivity contribution in [3.05, 3.63) is 65.5 Å². The SMILES string of the molecule is CN(C)c1ccc(C(N)Cc2cccc(F)c2)cc1. The summed E-state index contributed by atoms with van der Waals surface area (Å²) in [7, 11) is 4.00. The zero-order chi connectivity index (χ0) is 13.8. The maximum absolute atomic E-state index is 13.1. The van der Waals surface area contributed by atoms with Crippen molar-refractivity contribution in [3.8, 4) is 0 Å². The summed E-state index contributed by atoms with van der Waals surface area (Å²) in [6.45, 7) is 0. The lowest BCUT2D eigenvalue weighted by molar-refractivity contribution is 0.622. The summed E-state index contributed by atoms with van der Waals surface area (Å²) in [4.78, 5) is 2.04. The fourth-order valence-electron chi connectivity index (χ4n) is 2.06. The molecule has 0 fully saturated rings. The van der Waals surface area contributed by atoms with Gasteiger partial charge >= 0.3 is 0 Å². The number of hydrogen-bond acceptors (Lipinski definition) is 2. The summed E-state index contributed by atoms with van der Waals surface area (Å²) in [6.07, 6.45) is 0.638. The first-order chi connectivity index (χ1) is 9.06. The van der Waals surface area contributed by atoms with Crippen LogP contribution in [0, 0.1) is 5.82 Å². The van der Waals surface area contributed by atoms with E-state index < -0.39 is 0 Å². The first-order valence-electron chi connectivity index (χ1n) is 6.33. The molecule has 0 aliphatic heterocycles. The van der Waals surface area contributed by atoms with Gasteiger partial charge in [0.2, 0.25) is 0 Å². The van der Waals surface area contributed by atoms with E-state index in [0.29, 0.717) is 6.42 Å². The number of nitrogens with two attached hydrogens (primary N) is 1. The largest absolute Gasteiger partial charge is 0.378 e. The molecule has 3 heteroatoms. The molecular formula is C16H19FN2. The molecule has 0 amide bonds. The van der Waals surface area contributed by atoms with Crippen LogP contribution in [0.15, 0.2) is 48.5 Å². The van der Waals surface area contributed by atoms with Gasteiger partial charge in [0, 0.05) is 25.8 Å². The van der Waals surface area contributed by atoms with Crippen molar-refractivity contribution in [1.29, 1.82) is 0 Å². The summed E-state index contributed by atoms with van der Waals surface area (Å²) in [6, 6.07) is 14.6. The third-order valence-corrected chi connectivity index (χ3v) is 3.18. The lowest BCUT2D eigenvalue weighted by Gasteiger charge is -2.16. The lowest BCUT2D eigenvalue weighted by Crippen LogP contribution is -2.14. The van der Waals surface area contributed by atoms with E-state index in [4.69, 9.17) is 5.73 Å². The third-order valence-electron chi connectivity index (χ3n) is 3.18. The zero-order valence-corrected chi connectivity index (χ0v) is 11.3. The molecule has 0 aromatic heterocycles. The van der Waals surface area contributed by atoms with Gasteiger partial charge in [0.05, 0.1) is 0 Å². The third kappa shape index (κ3) is 3.55. The Hall–Kier alpha value is -1.87. The first kappa shape index (κ1) is 13.6. The van der Waals surface area contributed by atoms with E-state index >= 15 is 0 Å². The van der Waals surface area contributed by atoms with Crippen LogP contribution in [0.3, 0.4) is 0 Å². The Balaban J connectivity index is 2.09. The smallest absolute Gasteiger partial charge is 0.123 e. The number of nitrogens with zero attached hydrogens (tertiary/aromatic N) is 1. The topological polar surface area (TPSA) is 29.3 Å². The molecule has 2 nitrogen and oxygen atoms in total. The Morgan fingerprint density at radius 1 is 1.11 bits per heavy atom. The fraction of sp³-hybridized carbons (Fsp3) is 0.250. The van der Waals surface area contributed by atoms with Gasteiger partial charge in [0.15, 0.2) is 0 Å². The highest BCUT2D eigenvalue weighted by molar-refractivity contribution is 5.46. The average molecular weight is 258 g/mol. The number of benzene rings is 2. The molecule has 0 aliphatic rings. The molecule has 2 rings (SSSR count). The minimum absolute atomic E-state index is 0.113. The summed E-state index contributed by atoms with van der Waals surface area (Å²) < 4.78 is 13.1. The second-order valence-electron chi connectivity index (χ2n) is 4.93. The van der Waals surface area contributed by atoms with Crippen LogP contribution in [0.25, 0.3) is 0 Å². The van der Waals surface area contributed by atoms with Gasteiger partial charge in [-0.25, -0.2) is 4.39 Å². The molecule has 0 saturated heterocycles. The average Bonchev–Trinajstić information content (AvgIpc) is 2.39. The molecule has 2 aromatic rings. The summed E-state index contributed by atoms with van der Waals surface area (Å²) >= 11 is 0. The molecule has 1 unspecified atom stereocenters. The molecule has 0 bridgehead atoms. The van der Waals surface area contributed by atoms with Crippen LogP contribution < -0.4 is 10.6 Å². The molecule has 0 heterocycles. The van der Waals surface area contributed by atoms with Crippen LogP contribution in [-0.4, -0.2) is 14.1 Å². The van der Waals surface area contributed by atoms with Crippen molar-refractivity contribution in [3.63, 3.8) is 0 Å². The predicted molar refractivity (Wildman–Crippen MR) is 77.8 cm³/mol. The second-order valence-corrected chi connectivity index (χ2v) is 4.93. The maximum atomic E-state index is 13.1. The van der Waals surface area contributed by atoms with E-state index in [2.05, 4.69) is 0 Å². The quantitative estimate of drug-likeness (QED) is 0.913. The minimum Gasteiger partial charge on any atom is -0.378 e. The standard InChI is InChI=1S/C16H19FN2/c1-19(2)15-8-6-13(7-9-15)16(18)11-12-4-3-5-14(17)10-12/h3-10,16H,11,18H2,1-2H3. The molecule has 0 spiro atoms. The van der Waals surface area contributed by atoms with Gasteiger partial charge in [-0.2, -0.15) is 0 Å². The molecule has 0 saturated carbocycles. The first-order valence-corrected chi connectivity index (χ1v) is 6.33. The number of hydrogen-bond donors (Lipinski definition) is 1. The van der Waals surface area contributed by atoms with E-state index in [9.17, 15) is 4.39 Å². The molecule has 2 N–H and O–H groups in total. The van der Waals surface area contributed by atoms with Gasteiger partial charge in [-0.05, 0) is 41.8 Å². The van der Waals surface area contributed by atoms with Crippen LogP contribution in [-0.2, 0) is 6.42 Å². The zero-order valence-electron chi connectivity index (χ0n) is 11.3. The lowest BCUT2D eigenvalue weighted by atomic mass is 9.99. The minimum atomic E-state index is -0.215. The van der Waals surface area contributed by atoms with Crippen molar-refractivity contribution in [2.24, 2.45) is 5.73 Å². The van der Waals surface area contributed by atoms with Gasteiger partial charge in [0.1, 0.15) is 5.82 Å². The molecule has 19 heavy (non-hydrogen) atoms. The van der Waals surface area contributed by atoms with Crippen molar-refractivity contribution in [1.82, 2.24) is 0 Å². The molecular weight excluding hydrogens is 239 g/mol. The van der Waals surface area contributed by atoms with E-state index in [0.717, 1.165) is 16.8 Å². The predicted octanol–water partition coefficient (Wildman–Crippen LogP) is 3.13. The van der Waals surface area contributed by atoms with Gasteiger partial charge < -0.3 is 10.6 Å². The van der Waals surface area contributed by atoms with E-state index in [1.165, 1.54) is 12.1 Å². The van der Waals surface area contributed by atoms with E-state index in [-0.39, 0.29) is 11.9 Å². The summed E-state index contributed by atoms with van der Waals surface area (Å²) in [5, 5.41) is 0. The number of halogens is 1. The van der Waals surface area contributed by atoms with Crippen LogP contribution in [0.4, 0.5) is 10.1 Å². The van der Waals surface area contributed by atoms with Gasteiger partial charge in [-0.15, -0.1) is 0 Å². The van der Waals surface area contributed by atoms with Gasteiger partial charge in [-0.3, -0.25) is 0 Å². The highest BCUT2D eigenvalue weighted by Crippen LogP contribution is 2.19. The monoisotopic (exact) mass is 258 g/mol. The number of anilines is 1. The summed E-state index contributed by atoms with van der Waals surface area (Å²) in [5.41, 5.74) is 9.29. The van der Waals surface area contributed by atoms with E-state index in [1.807, 2.05) is 49.3 Å². The fourth-order valence-corrected chi connectivity index (χ4v) is 2.06. The van der Waals surface area contributed by atoms with Gasteiger partial charge in [0.25, 0.3) is 0 Å². The van der Waals surface area contributed by atoms with Crippen LogP contribution in [0.1, 0.15) is 17.2 Å². The highest BCUT2D eigenvalue weighted by atomic mass is 19.1. The maximum Gasteiger partial charge on any atom is 0.123 e. The Labute approximate surface area is 113 Å². The molecule has 0 radical (unpaired) electrons. The Kier molecular flexibility index (Phi) is 4.17. The Morgan fingerprint density at radius 3 is 2.37 bits per heavy atom. The van der Waals surface area contributed by atoms with Crippen LogP contribution in [0.5, 0.6) is 0 Å². The molecule has 1 atom stereocenters. The van der Waals surface area contributed by atoms with Crippen LogP contribution >= 0.6 is 0 Å². The second kappa shape index (κ2) is 5.85. The van der Waals surface area contributed by atoms with Crippen molar-refractivity contribution >= 4 is 5.69 Å². The Bertz CT molecular complexity index is 535. The van der Waals surface area contributed by atoms with Crippen LogP contribution in [0.2, 0.25) is 0 Å². The summed E-state index contributed by atoms with van der Waals surface area (Å²) in [5.74, 6) is -0.215. The van der Waals surface area contributed by atoms with Crippen molar-refractivity contribution in [2.45, 2.75) is 12.5 Å². The highest BCUT2D eigenvalue weighted by Gasteiger charge is 2.08. The van der Waals surface area contributed by atoms with Crippen molar-refractivity contribution < 1.29 is 4.39 Å². The van der Waals surface area contributed by atoms with Gasteiger partial charge in [-0.1, -0.05) is 24.3 Å². The molecule has 0 aliphatic carbocycles. The van der Waals surface area contributed by atoms with E-state index in [1.54, 1.807) is 6.07 Å². The molecule has 2 aromatic carbocycles.